The van der Waals surface area contributed by atoms with Crippen molar-refractivity contribution in [2.75, 3.05) is 20.8 Å². The van der Waals surface area contributed by atoms with Crippen molar-refractivity contribution in [2.24, 2.45) is 0 Å². The van der Waals surface area contributed by atoms with E-state index < -0.39 is 0 Å². The molecule has 1 aromatic heterocycles. The zero-order chi connectivity index (χ0) is 16.7. The second kappa shape index (κ2) is 8.22. The molecule has 23 heavy (non-hydrogen) atoms. The summed E-state index contributed by atoms with van der Waals surface area (Å²) in [6, 6.07) is 7.23. The molecule has 0 saturated carbocycles. The molecule has 6 heteroatoms. The number of unbranched alkanes of at least 4 members (excludes halogenated alkanes) is 1. The highest BCUT2D eigenvalue weighted by molar-refractivity contribution is 5.78. The average molecular weight is 318 g/mol. The molecule has 1 aromatic carbocycles. The highest BCUT2D eigenvalue weighted by atomic mass is 16.5. The first kappa shape index (κ1) is 16.9. The van der Waals surface area contributed by atoms with Crippen LogP contribution in [0.5, 0.6) is 11.5 Å². The number of ether oxygens (including phenoxy) is 2. The van der Waals surface area contributed by atoms with Gasteiger partial charge in [-0.25, -0.2) is 0 Å². The van der Waals surface area contributed by atoms with Crippen molar-refractivity contribution < 1.29 is 18.8 Å². The van der Waals surface area contributed by atoms with Crippen molar-refractivity contribution in [3.8, 4) is 22.8 Å². The summed E-state index contributed by atoms with van der Waals surface area (Å²) in [7, 11) is 3.16. The molecule has 124 valence electrons. The maximum Gasteiger partial charge on any atom is 0.226 e. The fourth-order valence-electron chi connectivity index (χ4n) is 2.15. The highest BCUT2D eigenvalue weighted by Gasteiger charge is 2.12. The van der Waals surface area contributed by atoms with E-state index in [-0.39, 0.29) is 12.3 Å². The van der Waals surface area contributed by atoms with Gasteiger partial charge in [0.2, 0.25) is 5.91 Å². The molecule has 0 bridgehead atoms. The van der Waals surface area contributed by atoms with Gasteiger partial charge in [0.1, 0.15) is 0 Å². The van der Waals surface area contributed by atoms with Gasteiger partial charge in [-0.15, -0.1) is 0 Å². The van der Waals surface area contributed by atoms with Crippen molar-refractivity contribution in [3.05, 3.63) is 30.0 Å². The Hall–Kier alpha value is -2.50. The molecular weight excluding hydrogens is 296 g/mol. The molecular formula is C17H22N2O4. The van der Waals surface area contributed by atoms with Crippen molar-refractivity contribution >= 4 is 5.91 Å². The molecule has 0 aliphatic carbocycles. The molecule has 1 N–H and O–H groups in total. The van der Waals surface area contributed by atoms with Crippen LogP contribution in [0.4, 0.5) is 0 Å². The lowest BCUT2D eigenvalue weighted by Crippen LogP contribution is -2.26. The molecule has 0 radical (unpaired) electrons. The van der Waals surface area contributed by atoms with Crippen LogP contribution in [0.3, 0.4) is 0 Å². The number of carbonyl (C=O) groups excluding carboxylic acids is 1. The average Bonchev–Trinajstić information content (AvgIpc) is 3.02. The Bertz CT molecular complexity index is 652. The smallest absolute Gasteiger partial charge is 0.226 e. The zero-order valence-corrected chi connectivity index (χ0v) is 13.7. The van der Waals surface area contributed by atoms with E-state index in [1.54, 1.807) is 26.4 Å². The standard InChI is InChI=1S/C17H22N2O4/c1-4-5-8-18-17(20)11-13-10-15(23-19-13)12-6-7-14(21-2)16(9-12)22-3/h6-7,9-10H,4-5,8,11H2,1-3H3,(H,18,20). The first-order valence-electron chi connectivity index (χ1n) is 7.62. The van der Waals surface area contributed by atoms with Crippen LogP contribution in [0, 0.1) is 0 Å². The second-order valence-corrected chi connectivity index (χ2v) is 5.13. The van der Waals surface area contributed by atoms with E-state index >= 15 is 0 Å². The van der Waals surface area contributed by atoms with Crippen LogP contribution in [0.1, 0.15) is 25.5 Å². The summed E-state index contributed by atoms with van der Waals surface area (Å²) in [5.41, 5.74) is 1.41. The number of nitrogens with zero attached hydrogens (tertiary/aromatic N) is 1. The minimum absolute atomic E-state index is 0.0504. The van der Waals surface area contributed by atoms with E-state index in [0.717, 1.165) is 18.4 Å². The van der Waals surface area contributed by atoms with Crippen LogP contribution in [-0.4, -0.2) is 31.8 Å². The lowest BCUT2D eigenvalue weighted by atomic mass is 10.1. The van der Waals surface area contributed by atoms with Crippen LogP contribution in [-0.2, 0) is 11.2 Å². The zero-order valence-electron chi connectivity index (χ0n) is 13.7. The van der Waals surface area contributed by atoms with Gasteiger partial charge in [0, 0.05) is 18.2 Å². The molecule has 0 spiro atoms. The van der Waals surface area contributed by atoms with Crippen LogP contribution in [0.15, 0.2) is 28.8 Å². The SMILES string of the molecule is CCCCNC(=O)Cc1cc(-c2ccc(OC)c(OC)c2)on1. The fourth-order valence-corrected chi connectivity index (χ4v) is 2.15. The summed E-state index contributed by atoms with van der Waals surface area (Å²) in [6.45, 7) is 2.77. The summed E-state index contributed by atoms with van der Waals surface area (Å²) < 4.78 is 15.8. The number of nitrogens with one attached hydrogen (secondary N) is 1. The largest absolute Gasteiger partial charge is 0.493 e. The van der Waals surface area contributed by atoms with E-state index in [4.69, 9.17) is 14.0 Å². The Kier molecular flexibility index (Phi) is 6.02. The quantitative estimate of drug-likeness (QED) is 0.758. The number of hydrogen-bond donors (Lipinski definition) is 1. The summed E-state index contributed by atoms with van der Waals surface area (Å²) in [5.74, 6) is 1.79. The normalized spacial score (nSPS) is 10.4. The summed E-state index contributed by atoms with van der Waals surface area (Å²) in [5, 5.41) is 6.81. The predicted molar refractivity (Wildman–Crippen MR) is 86.7 cm³/mol. The summed E-state index contributed by atoms with van der Waals surface area (Å²) >= 11 is 0. The third-order valence-corrected chi connectivity index (χ3v) is 3.42. The van der Waals surface area contributed by atoms with Gasteiger partial charge < -0.3 is 19.3 Å². The highest BCUT2D eigenvalue weighted by Crippen LogP contribution is 2.32. The van der Waals surface area contributed by atoms with Crippen molar-refractivity contribution in [1.29, 1.82) is 0 Å². The maximum absolute atomic E-state index is 11.8. The van der Waals surface area contributed by atoms with Crippen molar-refractivity contribution in [1.82, 2.24) is 10.5 Å². The van der Waals surface area contributed by atoms with Crippen LogP contribution >= 0.6 is 0 Å². The number of rotatable bonds is 8. The molecule has 0 aliphatic heterocycles. The molecule has 0 fully saturated rings. The van der Waals surface area contributed by atoms with Crippen LogP contribution in [0.2, 0.25) is 0 Å². The minimum atomic E-state index is -0.0504. The van der Waals surface area contributed by atoms with Gasteiger partial charge in [-0.05, 0) is 24.6 Å². The Morgan fingerprint density at radius 1 is 1.22 bits per heavy atom. The van der Waals surface area contributed by atoms with Gasteiger partial charge in [0.25, 0.3) is 0 Å². The molecule has 0 aliphatic rings. The number of methoxy groups -OCH3 is 2. The Morgan fingerprint density at radius 2 is 2.00 bits per heavy atom. The lowest BCUT2D eigenvalue weighted by molar-refractivity contribution is -0.120. The monoisotopic (exact) mass is 318 g/mol. The number of benzene rings is 1. The second-order valence-electron chi connectivity index (χ2n) is 5.13. The van der Waals surface area contributed by atoms with E-state index in [1.165, 1.54) is 0 Å². The van der Waals surface area contributed by atoms with Crippen LogP contribution in [0.25, 0.3) is 11.3 Å². The minimum Gasteiger partial charge on any atom is -0.493 e. The predicted octanol–water partition coefficient (Wildman–Crippen LogP) is 2.82. The topological polar surface area (TPSA) is 73.6 Å². The van der Waals surface area contributed by atoms with Gasteiger partial charge in [-0.1, -0.05) is 18.5 Å². The van der Waals surface area contributed by atoms with Gasteiger partial charge in [-0.2, -0.15) is 0 Å². The number of aromatic nitrogens is 1. The van der Waals surface area contributed by atoms with E-state index in [1.807, 2.05) is 12.1 Å². The maximum atomic E-state index is 11.8. The molecule has 0 atom stereocenters. The lowest BCUT2D eigenvalue weighted by Gasteiger charge is -2.07. The molecule has 6 nitrogen and oxygen atoms in total. The third-order valence-electron chi connectivity index (χ3n) is 3.42. The van der Waals surface area contributed by atoms with E-state index in [0.29, 0.717) is 29.5 Å². The first-order chi connectivity index (χ1) is 11.2. The van der Waals surface area contributed by atoms with Crippen molar-refractivity contribution in [2.45, 2.75) is 26.2 Å². The third kappa shape index (κ3) is 4.48. The van der Waals surface area contributed by atoms with Gasteiger partial charge in [0.05, 0.1) is 26.3 Å². The summed E-state index contributed by atoms with van der Waals surface area (Å²) in [6.07, 6.45) is 2.23. The number of amides is 1. The Labute approximate surface area is 135 Å². The number of hydrogen-bond acceptors (Lipinski definition) is 5. The van der Waals surface area contributed by atoms with Crippen molar-refractivity contribution in [3.63, 3.8) is 0 Å². The Morgan fingerprint density at radius 3 is 2.70 bits per heavy atom. The molecule has 1 amide bonds. The van der Waals surface area contributed by atoms with E-state index in [9.17, 15) is 4.79 Å². The molecule has 2 aromatic rings. The Balaban J connectivity index is 2.05. The van der Waals surface area contributed by atoms with Gasteiger partial charge in [-0.3, -0.25) is 4.79 Å². The molecule has 0 unspecified atom stereocenters. The molecule has 1 heterocycles. The van der Waals surface area contributed by atoms with E-state index in [2.05, 4.69) is 17.4 Å². The number of carbonyl (C=O) groups is 1. The summed E-state index contributed by atoms with van der Waals surface area (Å²) in [4.78, 5) is 11.8. The molecule has 0 saturated heterocycles. The fraction of sp³-hybridized carbons (Fsp3) is 0.412. The van der Waals surface area contributed by atoms with Gasteiger partial charge in [0.15, 0.2) is 17.3 Å². The van der Waals surface area contributed by atoms with Crippen LogP contribution < -0.4 is 14.8 Å². The molecule has 2 rings (SSSR count). The first-order valence-corrected chi connectivity index (χ1v) is 7.62. The van der Waals surface area contributed by atoms with Gasteiger partial charge >= 0.3 is 0 Å².